The third kappa shape index (κ3) is 6.67. The van der Waals surface area contributed by atoms with Crippen molar-refractivity contribution in [1.82, 2.24) is 9.80 Å². The van der Waals surface area contributed by atoms with Crippen LogP contribution < -0.4 is 9.80 Å². The maximum atomic E-state index is 15.0. The van der Waals surface area contributed by atoms with Gasteiger partial charge in [-0.3, -0.25) is 14.4 Å². The zero-order valence-electron chi connectivity index (χ0n) is 29.6. The Hall–Kier alpha value is -3.95. The molecule has 2 aromatic rings. The summed E-state index contributed by atoms with van der Waals surface area (Å²) in [5.41, 5.74) is 0.811. The van der Waals surface area contributed by atoms with Crippen LogP contribution in [0.3, 0.4) is 0 Å². The van der Waals surface area contributed by atoms with Gasteiger partial charge in [-0.1, -0.05) is 49.4 Å². The monoisotopic (exact) mass is 670 g/mol. The summed E-state index contributed by atoms with van der Waals surface area (Å²) in [5.74, 6) is -2.04. The summed E-state index contributed by atoms with van der Waals surface area (Å²) in [6, 6.07) is 16.9. The molecular formula is C40H54N4O5. The maximum Gasteiger partial charge on any atom is 0.253 e. The number of aliphatic hydroxyl groups is 1. The van der Waals surface area contributed by atoms with Gasteiger partial charge in [0.15, 0.2) is 0 Å². The Bertz CT molecular complexity index is 1480. The number of anilines is 2. The van der Waals surface area contributed by atoms with Crippen LogP contribution in [0.5, 0.6) is 0 Å². The average Bonchev–Trinajstić information content (AvgIpc) is 3.73. The van der Waals surface area contributed by atoms with Crippen LogP contribution in [0.1, 0.15) is 64.9 Å². The SMILES string of the molecule is C=CCN(Cc1ccccc1)C(=O)[C@@H]1[C@H]2C(=O)N(CCCCCO)C(C(=O)N(CC=C)c3ccc(N(CC)CC)cc3)C23CC[C@@]1(CC)O3. The fraction of sp³-hybridized carbons (Fsp3) is 0.525. The molecule has 0 aromatic heterocycles. The predicted molar refractivity (Wildman–Crippen MR) is 194 cm³/mol. The minimum Gasteiger partial charge on any atom is -0.396 e. The van der Waals surface area contributed by atoms with Crippen LogP contribution in [0.25, 0.3) is 0 Å². The van der Waals surface area contributed by atoms with Crippen molar-refractivity contribution in [3.8, 4) is 0 Å². The molecule has 1 N–H and O–H groups in total. The molecule has 5 atom stereocenters. The number of nitrogens with zero attached hydrogens (tertiary/aromatic N) is 4. The highest BCUT2D eigenvalue weighted by Crippen LogP contribution is 2.64. The van der Waals surface area contributed by atoms with Crippen molar-refractivity contribution in [2.75, 3.05) is 49.1 Å². The van der Waals surface area contributed by atoms with Gasteiger partial charge in [0.25, 0.3) is 5.91 Å². The molecular weight excluding hydrogens is 616 g/mol. The number of carbonyl (C=O) groups is 3. The number of rotatable bonds is 18. The average molecular weight is 671 g/mol. The van der Waals surface area contributed by atoms with Gasteiger partial charge in [-0.2, -0.15) is 0 Å². The first-order valence-electron chi connectivity index (χ1n) is 18.1. The fourth-order valence-corrected chi connectivity index (χ4v) is 8.60. The number of benzene rings is 2. The van der Waals surface area contributed by atoms with Crippen molar-refractivity contribution in [2.24, 2.45) is 11.8 Å². The summed E-state index contributed by atoms with van der Waals surface area (Å²) in [4.78, 5) is 52.0. The lowest BCUT2D eigenvalue weighted by Gasteiger charge is -2.37. The Morgan fingerprint density at radius 2 is 1.59 bits per heavy atom. The second-order valence-corrected chi connectivity index (χ2v) is 13.6. The zero-order chi connectivity index (χ0) is 35.2. The number of unbranched alkanes of at least 4 members (excludes halogenated alkanes) is 2. The molecule has 3 heterocycles. The first-order valence-corrected chi connectivity index (χ1v) is 18.1. The molecule has 9 nitrogen and oxygen atoms in total. The van der Waals surface area contributed by atoms with E-state index in [-0.39, 0.29) is 30.9 Å². The number of fused-ring (bicyclic) bond motifs is 1. The highest BCUT2D eigenvalue weighted by molar-refractivity contribution is 6.05. The minimum atomic E-state index is -1.13. The number of amides is 3. The zero-order valence-corrected chi connectivity index (χ0v) is 29.6. The van der Waals surface area contributed by atoms with Gasteiger partial charge < -0.3 is 29.4 Å². The van der Waals surface area contributed by atoms with E-state index in [4.69, 9.17) is 4.74 Å². The van der Waals surface area contributed by atoms with Crippen LogP contribution in [0.4, 0.5) is 11.4 Å². The van der Waals surface area contributed by atoms with E-state index in [2.05, 4.69) is 31.9 Å². The fourth-order valence-electron chi connectivity index (χ4n) is 8.60. The van der Waals surface area contributed by atoms with Gasteiger partial charge in [-0.15, -0.1) is 13.2 Å². The molecule has 3 fully saturated rings. The molecule has 1 spiro atoms. The summed E-state index contributed by atoms with van der Waals surface area (Å²) < 4.78 is 7.08. The Morgan fingerprint density at radius 3 is 2.20 bits per heavy atom. The van der Waals surface area contributed by atoms with Crippen molar-refractivity contribution < 1.29 is 24.2 Å². The topological polar surface area (TPSA) is 93.6 Å². The van der Waals surface area contributed by atoms with E-state index in [0.29, 0.717) is 58.2 Å². The molecule has 3 aliphatic heterocycles. The molecule has 264 valence electrons. The molecule has 3 aliphatic rings. The summed E-state index contributed by atoms with van der Waals surface area (Å²) in [5, 5.41) is 9.44. The van der Waals surface area contributed by atoms with Gasteiger partial charge in [0.05, 0.1) is 17.4 Å². The number of hydrogen-bond acceptors (Lipinski definition) is 6. The van der Waals surface area contributed by atoms with Crippen LogP contribution in [0, 0.1) is 11.8 Å². The molecule has 2 aromatic carbocycles. The summed E-state index contributed by atoms with van der Waals surface area (Å²) in [6.45, 7) is 17.3. The smallest absolute Gasteiger partial charge is 0.253 e. The molecule has 0 aliphatic carbocycles. The van der Waals surface area contributed by atoms with Crippen LogP contribution in [-0.4, -0.2) is 89.2 Å². The molecule has 0 saturated carbocycles. The first kappa shape index (κ1) is 36.3. The second-order valence-electron chi connectivity index (χ2n) is 13.6. The van der Waals surface area contributed by atoms with Gasteiger partial charge >= 0.3 is 0 Å². The third-order valence-electron chi connectivity index (χ3n) is 11.0. The number of carbonyl (C=O) groups excluding carboxylic acids is 3. The van der Waals surface area contributed by atoms with E-state index in [1.165, 1.54) is 0 Å². The minimum absolute atomic E-state index is 0.0682. The molecule has 49 heavy (non-hydrogen) atoms. The van der Waals surface area contributed by atoms with Crippen molar-refractivity contribution >= 4 is 29.1 Å². The summed E-state index contributed by atoms with van der Waals surface area (Å²) in [7, 11) is 0. The van der Waals surface area contributed by atoms with Gasteiger partial charge in [-0.25, -0.2) is 0 Å². The quantitative estimate of drug-likeness (QED) is 0.164. The summed E-state index contributed by atoms with van der Waals surface area (Å²) in [6.07, 6.45) is 7.07. The van der Waals surface area contributed by atoms with Crippen LogP contribution in [0.15, 0.2) is 79.9 Å². The lowest BCUT2D eigenvalue weighted by Crippen LogP contribution is -2.56. The van der Waals surface area contributed by atoms with E-state index in [1.807, 2.05) is 61.5 Å². The van der Waals surface area contributed by atoms with E-state index in [0.717, 1.165) is 30.0 Å². The Morgan fingerprint density at radius 1 is 0.918 bits per heavy atom. The molecule has 3 saturated heterocycles. The van der Waals surface area contributed by atoms with Crippen LogP contribution in [-0.2, 0) is 25.7 Å². The van der Waals surface area contributed by atoms with Crippen LogP contribution in [0.2, 0.25) is 0 Å². The predicted octanol–water partition coefficient (Wildman–Crippen LogP) is 5.58. The normalized spacial score (nSPS) is 25.3. The van der Waals surface area contributed by atoms with Gasteiger partial charge in [0, 0.05) is 57.3 Å². The van der Waals surface area contributed by atoms with E-state index < -0.39 is 29.1 Å². The number of likely N-dealkylation sites (tertiary alicyclic amines) is 1. The molecule has 0 radical (unpaired) electrons. The number of aliphatic hydroxyl groups excluding tert-OH is 1. The second kappa shape index (κ2) is 15.7. The Kier molecular flexibility index (Phi) is 11.7. The highest BCUT2D eigenvalue weighted by Gasteiger charge is 2.79. The number of hydrogen-bond donors (Lipinski definition) is 1. The largest absolute Gasteiger partial charge is 0.396 e. The Labute approximate surface area is 292 Å². The number of ether oxygens (including phenoxy) is 1. The molecule has 9 heteroatoms. The lowest BCUT2D eigenvalue weighted by molar-refractivity contribution is -0.151. The standard InChI is InChI=1S/C40H54N4O5/c1-6-25-42(29-30-17-13-11-14-18-30)36(46)33-34-37(47)44(27-15-12-16-28-45)35(40(34)24-23-39(33,8-3)49-40)38(48)43(26-7-2)32-21-19-31(20-22-32)41(9-4)10-5/h6-7,11,13-14,17-22,33-35,45H,1-2,8-10,12,15-16,23-29H2,3-5H3/t33-,34-,35?,39+,40?/m0/s1. The third-order valence-corrected chi connectivity index (χ3v) is 11.0. The van der Waals surface area contributed by atoms with E-state index >= 15 is 4.79 Å². The van der Waals surface area contributed by atoms with Gasteiger partial charge in [0.2, 0.25) is 11.8 Å². The van der Waals surface area contributed by atoms with Crippen molar-refractivity contribution in [3.05, 3.63) is 85.5 Å². The Balaban J connectivity index is 1.55. The van der Waals surface area contributed by atoms with Crippen molar-refractivity contribution in [1.29, 1.82) is 0 Å². The first-order chi connectivity index (χ1) is 23.7. The van der Waals surface area contributed by atoms with Gasteiger partial charge in [-0.05, 0) is 82.2 Å². The van der Waals surface area contributed by atoms with Crippen molar-refractivity contribution in [2.45, 2.75) is 83.1 Å². The maximum absolute atomic E-state index is 15.0. The van der Waals surface area contributed by atoms with E-state index in [1.54, 1.807) is 26.9 Å². The van der Waals surface area contributed by atoms with Gasteiger partial charge in [0.1, 0.15) is 11.6 Å². The summed E-state index contributed by atoms with van der Waals surface area (Å²) >= 11 is 0. The lowest BCUT2D eigenvalue weighted by atomic mass is 9.64. The molecule has 2 unspecified atom stereocenters. The van der Waals surface area contributed by atoms with Crippen molar-refractivity contribution in [3.63, 3.8) is 0 Å². The highest BCUT2D eigenvalue weighted by atomic mass is 16.5. The van der Waals surface area contributed by atoms with E-state index in [9.17, 15) is 14.7 Å². The molecule has 5 rings (SSSR count). The molecule has 2 bridgehead atoms. The molecule has 3 amide bonds. The van der Waals surface area contributed by atoms with Crippen LogP contribution >= 0.6 is 0 Å².